The van der Waals surface area contributed by atoms with Crippen LogP contribution in [0.15, 0.2) is 59.2 Å². The number of nitrogens with zero attached hydrogens (tertiary/aromatic N) is 1. The summed E-state index contributed by atoms with van der Waals surface area (Å²) in [5.74, 6) is -0.209. The van der Waals surface area contributed by atoms with Gasteiger partial charge in [-0.1, -0.05) is 41.7 Å². The summed E-state index contributed by atoms with van der Waals surface area (Å²) in [6, 6.07) is 15.3. The molecule has 2 heterocycles. The Labute approximate surface area is 124 Å². The molecular weight excluding hydrogens is 284 g/mol. The zero-order chi connectivity index (χ0) is 14.2. The van der Waals surface area contributed by atoms with Crippen LogP contribution in [0, 0.1) is 0 Å². The Hall–Kier alpha value is -2.66. The van der Waals surface area contributed by atoms with Gasteiger partial charge in [0.15, 0.2) is 5.13 Å². The van der Waals surface area contributed by atoms with Crippen LogP contribution in [0.3, 0.4) is 0 Å². The van der Waals surface area contributed by atoms with E-state index in [2.05, 4.69) is 10.3 Å². The molecule has 0 spiro atoms. The van der Waals surface area contributed by atoms with Gasteiger partial charge in [-0.25, -0.2) is 4.98 Å². The van der Waals surface area contributed by atoms with Crippen LogP contribution >= 0.6 is 11.3 Å². The number of rotatable bonds is 2. The Morgan fingerprint density at radius 1 is 1.10 bits per heavy atom. The lowest BCUT2D eigenvalue weighted by atomic mass is 10.2. The molecule has 4 nitrogen and oxygen atoms in total. The van der Waals surface area contributed by atoms with Gasteiger partial charge in [-0.2, -0.15) is 0 Å². The van der Waals surface area contributed by atoms with Gasteiger partial charge < -0.3 is 4.42 Å². The van der Waals surface area contributed by atoms with Crippen molar-refractivity contribution < 1.29 is 9.21 Å². The summed E-state index contributed by atoms with van der Waals surface area (Å²) in [5.41, 5.74) is 2.10. The molecule has 4 aromatic rings. The molecule has 1 amide bonds. The standard InChI is InChI=1S/C16H10N2O2S/c19-15(11-9-20-13-7-3-1-5-10(11)13)18-16-17-12-6-2-4-8-14(12)21-16/h1-9H,(H,17,18,19). The fourth-order valence-corrected chi connectivity index (χ4v) is 3.10. The molecule has 2 aromatic heterocycles. The summed E-state index contributed by atoms with van der Waals surface area (Å²) in [6.45, 7) is 0. The first-order valence-corrected chi connectivity index (χ1v) is 7.26. The number of aromatic nitrogens is 1. The van der Waals surface area contributed by atoms with Crippen LogP contribution in [-0.4, -0.2) is 10.9 Å². The fraction of sp³-hybridized carbons (Fsp3) is 0. The highest BCUT2D eigenvalue weighted by Gasteiger charge is 2.15. The summed E-state index contributed by atoms with van der Waals surface area (Å²) in [4.78, 5) is 16.8. The summed E-state index contributed by atoms with van der Waals surface area (Å²) < 4.78 is 6.44. The van der Waals surface area contributed by atoms with Crippen molar-refractivity contribution in [1.82, 2.24) is 4.98 Å². The first-order chi connectivity index (χ1) is 10.3. The minimum absolute atomic E-state index is 0.209. The molecule has 0 radical (unpaired) electrons. The number of hydrogen-bond donors (Lipinski definition) is 1. The van der Waals surface area contributed by atoms with Crippen molar-refractivity contribution in [3.63, 3.8) is 0 Å². The maximum atomic E-state index is 12.4. The third-order valence-electron chi connectivity index (χ3n) is 3.24. The first kappa shape index (κ1) is 12.1. The van der Waals surface area contributed by atoms with Crippen molar-refractivity contribution in [3.8, 4) is 0 Å². The Morgan fingerprint density at radius 3 is 2.81 bits per heavy atom. The van der Waals surface area contributed by atoms with Crippen LogP contribution in [-0.2, 0) is 0 Å². The minimum Gasteiger partial charge on any atom is -0.463 e. The van der Waals surface area contributed by atoms with E-state index in [1.54, 1.807) is 0 Å². The normalized spacial score (nSPS) is 11.0. The fourth-order valence-electron chi connectivity index (χ4n) is 2.24. The smallest absolute Gasteiger partial charge is 0.261 e. The maximum Gasteiger partial charge on any atom is 0.261 e. The van der Waals surface area contributed by atoms with E-state index in [1.165, 1.54) is 17.6 Å². The van der Waals surface area contributed by atoms with Crippen LogP contribution in [0.2, 0.25) is 0 Å². The average Bonchev–Trinajstić information content (AvgIpc) is 3.10. The van der Waals surface area contributed by atoms with E-state index in [-0.39, 0.29) is 5.91 Å². The highest BCUT2D eigenvalue weighted by molar-refractivity contribution is 7.22. The van der Waals surface area contributed by atoms with Crippen molar-refractivity contribution in [2.45, 2.75) is 0 Å². The van der Waals surface area contributed by atoms with Crippen molar-refractivity contribution in [3.05, 3.63) is 60.4 Å². The zero-order valence-corrected chi connectivity index (χ0v) is 11.7. The predicted octanol–water partition coefficient (Wildman–Crippen LogP) is 4.29. The van der Waals surface area contributed by atoms with Crippen molar-refractivity contribution in [1.29, 1.82) is 0 Å². The van der Waals surface area contributed by atoms with E-state index in [9.17, 15) is 4.79 Å². The number of carbonyl (C=O) groups excluding carboxylic acids is 1. The van der Waals surface area contributed by atoms with Gasteiger partial charge in [0, 0.05) is 5.39 Å². The Kier molecular flexibility index (Phi) is 2.72. The van der Waals surface area contributed by atoms with Crippen LogP contribution < -0.4 is 5.32 Å². The molecule has 0 aliphatic heterocycles. The summed E-state index contributed by atoms with van der Waals surface area (Å²) >= 11 is 1.45. The quantitative estimate of drug-likeness (QED) is 0.600. The molecule has 5 heteroatoms. The van der Waals surface area contributed by atoms with E-state index in [1.807, 2.05) is 48.5 Å². The topological polar surface area (TPSA) is 55.1 Å². The van der Waals surface area contributed by atoms with E-state index in [0.29, 0.717) is 16.3 Å². The van der Waals surface area contributed by atoms with Gasteiger partial charge in [-0.3, -0.25) is 10.1 Å². The van der Waals surface area contributed by atoms with E-state index >= 15 is 0 Å². The lowest BCUT2D eigenvalue weighted by molar-refractivity contribution is 0.102. The number of furan rings is 1. The molecule has 0 saturated heterocycles. The highest BCUT2D eigenvalue weighted by Crippen LogP contribution is 2.27. The minimum atomic E-state index is -0.209. The summed E-state index contributed by atoms with van der Waals surface area (Å²) in [5, 5.41) is 4.23. The number of thiazole rings is 1. The van der Waals surface area contributed by atoms with Crippen molar-refractivity contribution >= 4 is 43.6 Å². The second kappa shape index (κ2) is 4.71. The molecule has 0 unspecified atom stereocenters. The zero-order valence-electron chi connectivity index (χ0n) is 10.9. The molecule has 0 saturated carbocycles. The van der Waals surface area contributed by atoms with Crippen molar-refractivity contribution in [2.75, 3.05) is 5.32 Å². The molecule has 21 heavy (non-hydrogen) atoms. The number of fused-ring (bicyclic) bond motifs is 2. The van der Waals surface area contributed by atoms with Gasteiger partial charge in [-0.05, 0) is 18.2 Å². The van der Waals surface area contributed by atoms with Crippen molar-refractivity contribution in [2.24, 2.45) is 0 Å². The molecule has 0 atom stereocenters. The molecule has 102 valence electrons. The van der Waals surface area contributed by atoms with Gasteiger partial charge in [-0.15, -0.1) is 0 Å². The predicted molar refractivity (Wildman–Crippen MR) is 83.8 cm³/mol. The summed E-state index contributed by atoms with van der Waals surface area (Å²) in [7, 11) is 0. The number of nitrogens with one attached hydrogen (secondary N) is 1. The summed E-state index contributed by atoms with van der Waals surface area (Å²) in [6.07, 6.45) is 1.48. The van der Waals surface area contributed by atoms with Crippen LogP contribution in [0.1, 0.15) is 10.4 Å². The second-order valence-corrected chi connectivity index (χ2v) is 5.62. The molecule has 0 aliphatic carbocycles. The number of para-hydroxylation sites is 2. The highest BCUT2D eigenvalue weighted by atomic mass is 32.1. The van der Waals surface area contributed by atoms with Gasteiger partial charge in [0.2, 0.25) is 0 Å². The van der Waals surface area contributed by atoms with Gasteiger partial charge in [0.25, 0.3) is 5.91 Å². The molecule has 0 aliphatic rings. The lowest BCUT2D eigenvalue weighted by Gasteiger charge is -1.98. The SMILES string of the molecule is O=C(Nc1nc2ccccc2s1)c1coc2ccccc12. The van der Waals surface area contributed by atoms with E-state index in [4.69, 9.17) is 4.42 Å². The number of amides is 1. The lowest BCUT2D eigenvalue weighted by Crippen LogP contribution is -2.10. The molecule has 1 N–H and O–H groups in total. The molecule has 2 aromatic carbocycles. The van der Waals surface area contributed by atoms with Crippen LogP contribution in [0.25, 0.3) is 21.2 Å². The number of benzene rings is 2. The maximum absolute atomic E-state index is 12.4. The first-order valence-electron chi connectivity index (χ1n) is 6.44. The number of hydrogen-bond acceptors (Lipinski definition) is 4. The van der Waals surface area contributed by atoms with Gasteiger partial charge in [0.1, 0.15) is 11.8 Å². The second-order valence-electron chi connectivity index (χ2n) is 4.59. The van der Waals surface area contributed by atoms with Gasteiger partial charge >= 0.3 is 0 Å². The molecular formula is C16H10N2O2S. The molecule has 0 bridgehead atoms. The monoisotopic (exact) mass is 294 g/mol. The Balaban J connectivity index is 1.69. The Morgan fingerprint density at radius 2 is 1.90 bits per heavy atom. The average molecular weight is 294 g/mol. The van der Waals surface area contributed by atoms with Crippen LogP contribution in [0.4, 0.5) is 5.13 Å². The van der Waals surface area contributed by atoms with E-state index < -0.39 is 0 Å². The third-order valence-corrected chi connectivity index (χ3v) is 4.19. The van der Waals surface area contributed by atoms with Crippen LogP contribution in [0.5, 0.6) is 0 Å². The number of anilines is 1. The number of carbonyl (C=O) groups is 1. The van der Waals surface area contributed by atoms with Gasteiger partial charge in [0.05, 0.1) is 15.8 Å². The van der Waals surface area contributed by atoms with E-state index in [0.717, 1.165) is 15.6 Å². The third kappa shape index (κ3) is 2.08. The largest absolute Gasteiger partial charge is 0.463 e. The molecule has 0 fully saturated rings. The Bertz CT molecular complexity index is 922. The molecule has 4 rings (SSSR count).